The summed E-state index contributed by atoms with van der Waals surface area (Å²) < 4.78 is 19.0. The number of fused-ring (bicyclic) bond motifs is 1. The third-order valence-corrected chi connectivity index (χ3v) is 5.84. The first-order chi connectivity index (χ1) is 16.5. The molecule has 0 aliphatic carbocycles. The van der Waals surface area contributed by atoms with E-state index in [1.165, 1.54) is 0 Å². The van der Waals surface area contributed by atoms with Gasteiger partial charge in [0.1, 0.15) is 22.9 Å². The number of hydrogen-bond donors (Lipinski definition) is 0. The number of aryl methyl sites for hydroxylation is 2. The summed E-state index contributed by atoms with van der Waals surface area (Å²) in [6.45, 7) is 7.59. The van der Waals surface area contributed by atoms with Crippen molar-refractivity contribution < 1.29 is 18.7 Å². The van der Waals surface area contributed by atoms with Crippen molar-refractivity contribution in [3.63, 3.8) is 0 Å². The lowest BCUT2D eigenvalue weighted by Crippen LogP contribution is -2.07. The molecule has 0 N–H and O–H groups in total. The van der Waals surface area contributed by atoms with Crippen LogP contribution >= 0.6 is 0 Å². The molecular weight excluding hydrogens is 428 g/mol. The van der Waals surface area contributed by atoms with Gasteiger partial charge < -0.3 is 18.5 Å². The van der Waals surface area contributed by atoms with Crippen LogP contribution in [0.25, 0.3) is 22.4 Å². The average Bonchev–Trinajstić information content (AvgIpc) is 3.38. The Bertz CT molecular complexity index is 1250. The number of hydrogen-bond acceptors (Lipinski definition) is 5. The molecule has 34 heavy (non-hydrogen) atoms. The van der Waals surface area contributed by atoms with Gasteiger partial charge in [-0.2, -0.15) is 0 Å². The summed E-state index contributed by atoms with van der Waals surface area (Å²) in [6.07, 6.45) is 5.03. The minimum Gasteiger partial charge on any atom is -0.493 e. The van der Waals surface area contributed by atoms with E-state index in [0.717, 1.165) is 64.4 Å². The lowest BCUT2D eigenvalue weighted by molar-refractivity contribution is -0.143. The van der Waals surface area contributed by atoms with E-state index in [0.29, 0.717) is 26.2 Å². The molecule has 6 nitrogen and oxygen atoms in total. The minimum absolute atomic E-state index is 0.123. The highest BCUT2D eigenvalue weighted by molar-refractivity contribution is 5.83. The highest BCUT2D eigenvalue weighted by atomic mass is 16.5. The molecule has 4 rings (SSSR count). The number of carbonyl (C=O) groups excluding carboxylic acids is 1. The highest BCUT2D eigenvalue weighted by Crippen LogP contribution is 2.28. The number of nitrogens with zero attached hydrogens (tertiary/aromatic N) is 2. The molecule has 0 bridgehead atoms. The van der Waals surface area contributed by atoms with Crippen LogP contribution in [-0.2, 0) is 16.1 Å². The molecule has 2 aromatic heterocycles. The fourth-order valence-corrected chi connectivity index (χ4v) is 4.12. The van der Waals surface area contributed by atoms with E-state index in [1.54, 1.807) is 0 Å². The van der Waals surface area contributed by atoms with Gasteiger partial charge in [-0.3, -0.25) is 4.79 Å². The smallest absolute Gasteiger partial charge is 0.305 e. The number of unbranched alkanes of at least 4 members (excludes halogenated alkanes) is 2. The van der Waals surface area contributed by atoms with Crippen LogP contribution in [0, 0.1) is 13.8 Å². The summed E-state index contributed by atoms with van der Waals surface area (Å²) in [5.41, 5.74) is 4.14. The molecule has 0 saturated carbocycles. The molecule has 2 heterocycles. The van der Waals surface area contributed by atoms with Crippen LogP contribution in [0.3, 0.4) is 0 Å². The molecule has 6 heteroatoms. The molecule has 0 amide bonds. The number of furan rings is 1. The summed E-state index contributed by atoms with van der Waals surface area (Å²) in [7, 11) is 0. The number of para-hydroxylation sites is 1. The van der Waals surface area contributed by atoms with Crippen LogP contribution in [0.5, 0.6) is 5.75 Å². The van der Waals surface area contributed by atoms with E-state index in [9.17, 15) is 4.79 Å². The van der Waals surface area contributed by atoms with Crippen molar-refractivity contribution in [2.75, 3.05) is 13.2 Å². The maximum Gasteiger partial charge on any atom is 0.305 e. The maximum absolute atomic E-state index is 11.5. The van der Waals surface area contributed by atoms with Crippen molar-refractivity contribution in [3.8, 4) is 17.1 Å². The first-order valence-electron chi connectivity index (χ1n) is 11.9. The van der Waals surface area contributed by atoms with Crippen molar-refractivity contribution in [2.45, 2.75) is 53.0 Å². The van der Waals surface area contributed by atoms with Crippen LogP contribution < -0.4 is 4.74 Å². The predicted molar refractivity (Wildman–Crippen MR) is 133 cm³/mol. The second kappa shape index (κ2) is 11.1. The van der Waals surface area contributed by atoms with Gasteiger partial charge in [0.25, 0.3) is 0 Å². The number of benzene rings is 2. The predicted octanol–water partition coefficient (Wildman–Crippen LogP) is 6.46. The van der Waals surface area contributed by atoms with Crippen molar-refractivity contribution in [3.05, 3.63) is 71.7 Å². The Morgan fingerprint density at radius 1 is 1.06 bits per heavy atom. The van der Waals surface area contributed by atoms with E-state index in [1.807, 2.05) is 44.3 Å². The van der Waals surface area contributed by atoms with Gasteiger partial charge in [-0.15, -0.1) is 0 Å². The van der Waals surface area contributed by atoms with Crippen molar-refractivity contribution >= 4 is 16.9 Å². The molecule has 0 unspecified atom stereocenters. The SMILES string of the molecule is CCOC(=O)CCCCCOc1ccccc1Cn1c(C)cnc1-c1ccc2oc(C)cc2c1. The van der Waals surface area contributed by atoms with Crippen molar-refractivity contribution in [2.24, 2.45) is 0 Å². The Kier molecular flexibility index (Phi) is 7.68. The summed E-state index contributed by atoms with van der Waals surface area (Å²) in [5, 5.41) is 1.08. The topological polar surface area (TPSA) is 66.5 Å². The minimum atomic E-state index is -0.123. The van der Waals surface area contributed by atoms with Gasteiger partial charge in [-0.1, -0.05) is 18.2 Å². The number of carbonyl (C=O) groups is 1. The second-order valence-corrected chi connectivity index (χ2v) is 8.49. The maximum atomic E-state index is 11.5. The van der Waals surface area contributed by atoms with Crippen LogP contribution in [-0.4, -0.2) is 28.7 Å². The largest absolute Gasteiger partial charge is 0.493 e. The first-order valence-corrected chi connectivity index (χ1v) is 11.9. The first kappa shape index (κ1) is 23.6. The van der Waals surface area contributed by atoms with E-state index in [-0.39, 0.29) is 5.97 Å². The Morgan fingerprint density at radius 2 is 1.91 bits per heavy atom. The molecular formula is C28H32N2O4. The molecule has 0 radical (unpaired) electrons. The number of rotatable bonds is 11. The van der Waals surface area contributed by atoms with Gasteiger partial charge in [0.05, 0.1) is 19.8 Å². The van der Waals surface area contributed by atoms with Gasteiger partial charge in [-0.25, -0.2) is 4.98 Å². The zero-order chi connectivity index (χ0) is 23.9. The molecule has 4 aromatic rings. The number of ether oxygens (including phenoxy) is 2. The van der Waals surface area contributed by atoms with Gasteiger partial charge >= 0.3 is 5.97 Å². The summed E-state index contributed by atoms with van der Waals surface area (Å²) in [5.74, 6) is 2.58. The van der Waals surface area contributed by atoms with E-state index < -0.39 is 0 Å². The second-order valence-electron chi connectivity index (χ2n) is 8.49. The van der Waals surface area contributed by atoms with Crippen LogP contribution in [0.1, 0.15) is 49.6 Å². The Balaban J connectivity index is 1.42. The number of aromatic nitrogens is 2. The molecule has 0 atom stereocenters. The van der Waals surface area contributed by atoms with E-state index in [4.69, 9.17) is 18.9 Å². The third kappa shape index (κ3) is 5.68. The lowest BCUT2D eigenvalue weighted by atomic mass is 10.1. The van der Waals surface area contributed by atoms with Gasteiger partial charge in [0.2, 0.25) is 0 Å². The van der Waals surface area contributed by atoms with Gasteiger partial charge in [-0.05, 0) is 70.4 Å². The lowest BCUT2D eigenvalue weighted by Gasteiger charge is -2.15. The average molecular weight is 461 g/mol. The Hall–Kier alpha value is -3.54. The van der Waals surface area contributed by atoms with Crippen LogP contribution in [0.2, 0.25) is 0 Å². The summed E-state index contributed by atoms with van der Waals surface area (Å²) in [6, 6.07) is 16.4. The molecule has 0 spiro atoms. The zero-order valence-corrected chi connectivity index (χ0v) is 20.2. The van der Waals surface area contributed by atoms with Crippen LogP contribution in [0.15, 0.2) is 59.1 Å². The summed E-state index contributed by atoms with van der Waals surface area (Å²) in [4.78, 5) is 16.2. The fraction of sp³-hybridized carbons (Fsp3) is 0.357. The van der Waals surface area contributed by atoms with E-state index >= 15 is 0 Å². The van der Waals surface area contributed by atoms with Crippen molar-refractivity contribution in [1.82, 2.24) is 9.55 Å². The van der Waals surface area contributed by atoms with Crippen LogP contribution in [0.4, 0.5) is 0 Å². The Labute approximate surface area is 200 Å². The summed E-state index contributed by atoms with van der Waals surface area (Å²) >= 11 is 0. The van der Waals surface area contributed by atoms with Crippen molar-refractivity contribution in [1.29, 1.82) is 0 Å². The normalized spacial score (nSPS) is 11.1. The molecule has 178 valence electrons. The molecule has 0 fully saturated rings. The standard InChI is InChI=1S/C28H32N2O4/c1-4-32-27(31)12-6-5-9-15-33-25-11-8-7-10-23(25)19-30-20(2)18-29-28(30)22-13-14-26-24(17-22)16-21(3)34-26/h7-8,10-11,13-14,16-18H,4-6,9,12,15,19H2,1-3H3. The third-order valence-electron chi connectivity index (χ3n) is 5.84. The quantitative estimate of drug-likeness (QED) is 0.190. The van der Waals surface area contributed by atoms with E-state index in [2.05, 4.69) is 35.8 Å². The molecule has 0 aliphatic rings. The van der Waals surface area contributed by atoms with Gasteiger partial charge in [0, 0.05) is 34.8 Å². The highest BCUT2D eigenvalue weighted by Gasteiger charge is 2.14. The molecule has 0 saturated heterocycles. The fourth-order valence-electron chi connectivity index (χ4n) is 4.12. The number of imidazole rings is 1. The number of esters is 1. The Morgan fingerprint density at radius 3 is 2.76 bits per heavy atom. The molecule has 2 aromatic carbocycles. The monoisotopic (exact) mass is 460 g/mol. The van der Waals surface area contributed by atoms with Gasteiger partial charge in [0.15, 0.2) is 0 Å². The molecule has 0 aliphatic heterocycles. The zero-order valence-electron chi connectivity index (χ0n) is 20.2.